The lowest BCUT2D eigenvalue weighted by atomic mass is 9.85. The van der Waals surface area contributed by atoms with Crippen molar-refractivity contribution >= 4 is 16.6 Å². The molecular weight excluding hydrogens is 344 g/mol. The third-order valence-corrected chi connectivity index (χ3v) is 6.39. The molecule has 4 heteroatoms. The lowest BCUT2D eigenvalue weighted by Gasteiger charge is -2.34. The van der Waals surface area contributed by atoms with Gasteiger partial charge in [-0.05, 0) is 68.5 Å². The molecule has 2 N–H and O–H groups in total. The zero-order valence-electron chi connectivity index (χ0n) is 16.8. The first-order chi connectivity index (χ1) is 13.5. The second-order valence-corrected chi connectivity index (χ2v) is 8.90. The van der Waals surface area contributed by atoms with Crippen molar-refractivity contribution in [3.8, 4) is 17.2 Å². The molecular formula is C24H26N4. The van der Waals surface area contributed by atoms with Gasteiger partial charge < -0.3 is 15.2 Å². The van der Waals surface area contributed by atoms with Crippen molar-refractivity contribution in [3.63, 3.8) is 0 Å². The minimum atomic E-state index is 0.127. The van der Waals surface area contributed by atoms with Gasteiger partial charge >= 0.3 is 0 Å². The van der Waals surface area contributed by atoms with E-state index in [1.54, 1.807) is 0 Å². The number of anilines is 1. The Kier molecular flexibility index (Phi) is 3.79. The monoisotopic (exact) mass is 370 g/mol. The molecule has 0 amide bonds. The van der Waals surface area contributed by atoms with Gasteiger partial charge in [-0.3, -0.25) is 0 Å². The Morgan fingerprint density at radius 3 is 2.71 bits per heavy atom. The molecule has 3 aromatic rings. The van der Waals surface area contributed by atoms with E-state index in [2.05, 4.69) is 71.6 Å². The van der Waals surface area contributed by atoms with Gasteiger partial charge in [0.15, 0.2) is 0 Å². The van der Waals surface area contributed by atoms with Crippen LogP contribution < -0.4 is 10.6 Å². The van der Waals surface area contributed by atoms with Crippen molar-refractivity contribution in [2.45, 2.75) is 45.2 Å². The van der Waals surface area contributed by atoms with Gasteiger partial charge in [0.1, 0.15) is 0 Å². The molecule has 5 rings (SSSR count). The molecule has 1 aromatic heterocycles. The predicted molar refractivity (Wildman–Crippen MR) is 115 cm³/mol. The van der Waals surface area contributed by atoms with E-state index < -0.39 is 0 Å². The lowest BCUT2D eigenvalue weighted by molar-refractivity contribution is 0.352. The highest BCUT2D eigenvalue weighted by atomic mass is 15.1. The van der Waals surface area contributed by atoms with Crippen LogP contribution in [0.2, 0.25) is 0 Å². The number of fused-ring (bicyclic) bond motifs is 2. The van der Waals surface area contributed by atoms with Crippen LogP contribution in [0.3, 0.4) is 0 Å². The van der Waals surface area contributed by atoms with Crippen LogP contribution in [0.15, 0.2) is 36.5 Å². The highest BCUT2D eigenvalue weighted by Crippen LogP contribution is 2.41. The van der Waals surface area contributed by atoms with Gasteiger partial charge in [0.25, 0.3) is 0 Å². The number of nitrogens with one attached hydrogen (secondary N) is 2. The summed E-state index contributed by atoms with van der Waals surface area (Å²) in [6.07, 6.45) is 4.50. The maximum Gasteiger partial charge on any atom is 0.0994 e. The Hall–Kier alpha value is -2.77. The molecule has 0 atom stereocenters. The second kappa shape index (κ2) is 6.12. The van der Waals surface area contributed by atoms with E-state index in [4.69, 9.17) is 0 Å². The van der Waals surface area contributed by atoms with Gasteiger partial charge in [0.2, 0.25) is 0 Å². The molecule has 2 aliphatic heterocycles. The maximum atomic E-state index is 9.59. The van der Waals surface area contributed by atoms with E-state index in [0.29, 0.717) is 6.04 Å². The summed E-state index contributed by atoms with van der Waals surface area (Å²) in [5, 5.41) is 17.9. The fourth-order valence-corrected chi connectivity index (χ4v) is 4.60. The van der Waals surface area contributed by atoms with Crippen molar-refractivity contribution in [2.75, 3.05) is 18.4 Å². The Bertz CT molecular complexity index is 1130. The van der Waals surface area contributed by atoms with Crippen molar-refractivity contribution in [2.24, 2.45) is 0 Å². The van der Waals surface area contributed by atoms with Crippen LogP contribution >= 0.6 is 0 Å². The first-order valence-corrected chi connectivity index (χ1v) is 10.1. The average Bonchev–Trinajstić information content (AvgIpc) is 2.96. The number of aromatic nitrogens is 1. The number of hydrogen-bond donors (Lipinski definition) is 2. The topological polar surface area (TPSA) is 52.8 Å². The summed E-state index contributed by atoms with van der Waals surface area (Å²) in [7, 11) is 0. The lowest BCUT2D eigenvalue weighted by Crippen LogP contribution is -2.43. The summed E-state index contributed by atoms with van der Waals surface area (Å²) in [5.41, 5.74) is 8.36. The van der Waals surface area contributed by atoms with E-state index in [1.165, 1.54) is 33.3 Å². The second-order valence-electron chi connectivity index (χ2n) is 8.90. The van der Waals surface area contributed by atoms with E-state index in [0.717, 1.165) is 37.1 Å². The summed E-state index contributed by atoms with van der Waals surface area (Å²) in [6, 6.07) is 13.7. The highest BCUT2D eigenvalue weighted by Gasteiger charge is 2.28. The van der Waals surface area contributed by atoms with Crippen LogP contribution in [0.5, 0.6) is 0 Å². The molecule has 0 radical (unpaired) electrons. The molecule has 28 heavy (non-hydrogen) atoms. The van der Waals surface area contributed by atoms with E-state index in [-0.39, 0.29) is 5.54 Å². The third-order valence-electron chi connectivity index (χ3n) is 6.39. The molecule has 0 aliphatic carbocycles. The molecule has 0 unspecified atom stereocenters. The number of rotatable bonds is 2. The zero-order chi connectivity index (χ0) is 19.5. The van der Waals surface area contributed by atoms with Gasteiger partial charge in [0.05, 0.1) is 17.7 Å². The molecule has 0 saturated carbocycles. The summed E-state index contributed by atoms with van der Waals surface area (Å²) >= 11 is 0. The van der Waals surface area contributed by atoms with Crippen molar-refractivity contribution in [3.05, 3.63) is 53.2 Å². The smallest absolute Gasteiger partial charge is 0.0994 e. The van der Waals surface area contributed by atoms with Crippen LogP contribution in [-0.2, 0) is 6.42 Å². The largest absolute Gasteiger partial charge is 0.380 e. The summed E-state index contributed by atoms with van der Waals surface area (Å²) < 4.78 is 2.41. The Morgan fingerprint density at radius 2 is 2.00 bits per heavy atom. The SMILES string of the molecule is Cc1cc2c(cc1C#N)c(-c1cccc3c1CCC(C)(C)N3)cn2C1CNC1. The summed E-state index contributed by atoms with van der Waals surface area (Å²) in [5.74, 6) is 0. The van der Waals surface area contributed by atoms with Crippen molar-refractivity contribution < 1.29 is 0 Å². The molecule has 4 nitrogen and oxygen atoms in total. The molecule has 3 heterocycles. The standard InChI is InChI=1S/C24H26N4/c1-15-9-23-20(10-16(15)11-25)21(14-28(23)17-12-26-13-17)18-5-4-6-22-19(18)7-8-24(2,3)27-22/h4-6,9-10,14,17,26-27H,7-8,12-13H2,1-3H3. The number of aryl methyl sites for hydroxylation is 1. The Balaban J connectivity index is 1.75. The third kappa shape index (κ3) is 2.62. The first-order valence-electron chi connectivity index (χ1n) is 10.1. The van der Waals surface area contributed by atoms with Crippen LogP contribution in [0.25, 0.3) is 22.0 Å². The van der Waals surface area contributed by atoms with Crippen LogP contribution in [0.1, 0.15) is 43.0 Å². The van der Waals surface area contributed by atoms with E-state index in [9.17, 15) is 5.26 Å². The maximum absolute atomic E-state index is 9.59. The minimum absolute atomic E-state index is 0.127. The van der Waals surface area contributed by atoms with E-state index in [1.807, 2.05) is 6.92 Å². The van der Waals surface area contributed by atoms with E-state index >= 15 is 0 Å². The fourth-order valence-electron chi connectivity index (χ4n) is 4.60. The highest BCUT2D eigenvalue weighted by molar-refractivity contribution is 5.99. The average molecular weight is 371 g/mol. The summed E-state index contributed by atoms with van der Waals surface area (Å²) in [6.45, 7) is 8.57. The molecule has 142 valence electrons. The molecule has 0 spiro atoms. The Labute approximate surface area is 166 Å². The van der Waals surface area contributed by atoms with Gasteiger partial charge in [-0.25, -0.2) is 0 Å². The molecule has 2 aliphatic rings. The minimum Gasteiger partial charge on any atom is -0.380 e. The van der Waals surface area contributed by atoms with Gasteiger partial charge in [0, 0.05) is 47.0 Å². The van der Waals surface area contributed by atoms with Gasteiger partial charge in [-0.1, -0.05) is 12.1 Å². The van der Waals surface area contributed by atoms with Crippen LogP contribution in [0, 0.1) is 18.3 Å². The Morgan fingerprint density at radius 1 is 1.18 bits per heavy atom. The predicted octanol–water partition coefficient (Wildman–Crippen LogP) is 4.77. The van der Waals surface area contributed by atoms with Crippen LogP contribution in [0.4, 0.5) is 5.69 Å². The first kappa shape index (κ1) is 17.3. The zero-order valence-corrected chi connectivity index (χ0v) is 16.8. The number of nitrogens with zero attached hydrogens (tertiary/aromatic N) is 2. The molecule has 1 saturated heterocycles. The van der Waals surface area contributed by atoms with Crippen molar-refractivity contribution in [1.29, 1.82) is 5.26 Å². The molecule has 1 fully saturated rings. The summed E-state index contributed by atoms with van der Waals surface area (Å²) in [4.78, 5) is 0. The van der Waals surface area contributed by atoms with Crippen LogP contribution in [-0.4, -0.2) is 23.2 Å². The van der Waals surface area contributed by atoms with Gasteiger partial charge in [-0.15, -0.1) is 0 Å². The number of hydrogen-bond acceptors (Lipinski definition) is 3. The number of benzene rings is 2. The molecule has 0 bridgehead atoms. The fraction of sp³-hybridized carbons (Fsp3) is 0.375. The quantitative estimate of drug-likeness (QED) is 0.683. The van der Waals surface area contributed by atoms with Crippen molar-refractivity contribution in [1.82, 2.24) is 9.88 Å². The molecule has 2 aromatic carbocycles. The normalized spacial score (nSPS) is 18.2. The van der Waals surface area contributed by atoms with Gasteiger partial charge in [-0.2, -0.15) is 5.26 Å². The number of nitriles is 1.